The van der Waals surface area contributed by atoms with E-state index in [4.69, 9.17) is 14.2 Å². The lowest BCUT2D eigenvalue weighted by Gasteiger charge is -2.33. The Morgan fingerprint density at radius 3 is 2.96 bits per heavy atom. The average molecular weight is 319 g/mol. The Morgan fingerprint density at radius 2 is 2.22 bits per heavy atom. The second-order valence-electron chi connectivity index (χ2n) is 5.77. The van der Waals surface area contributed by atoms with Crippen molar-refractivity contribution in [2.24, 2.45) is 0 Å². The van der Waals surface area contributed by atoms with E-state index in [0.717, 1.165) is 12.0 Å². The molecule has 1 aromatic carbocycles. The molecule has 1 fully saturated rings. The highest BCUT2D eigenvalue weighted by Crippen LogP contribution is 2.22. The van der Waals surface area contributed by atoms with E-state index < -0.39 is 0 Å². The number of rotatable bonds is 7. The van der Waals surface area contributed by atoms with E-state index in [1.165, 1.54) is 0 Å². The third-order valence-electron chi connectivity index (χ3n) is 3.66. The van der Waals surface area contributed by atoms with Gasteiger partial charge in [0.15, 0.2) is 0 Å². The smallest absolute Gasteiger partial charge is 0.257 e. The highest BCUT2D eigenvalue weighted by Gasteiger charge is 2.26. The molecule has 5 heteroatoms. The van der Waals surface area contributed by atoms with Crippen LogP contribution in [0.5, 0.6) is 5.75 Å². The molecular weight excluding hydrogens is 294 g/mol. The van der Waals surface area contributed by atoms with Gasteiger partial charge in [0.25, 0.3) is 5.91 Å². The standard InChI is InChI=1S/C18H25NO4/c1-14(2)13-23-17-7-5-4-6-16(17)18(20)19-9-11-22-15(12-19)8-10-21-3/h4-7,15H,1,8-13H2,2-3H3/t15-/m1/s1. The van der Waals surface area contributed by atoms with E-state index in [9.17, 15) is 4.79 Å². The summed E-state index contributed by atoms with van der Waals surface area (Å²) in [5.41, 5.74) is 1.50. The molecule has 1 saturated heterocycles. The number of hydrogen-bond acceptors (Lipinski definition) is 4. The molecule has 2 rings (SSSR count). The Morgan fingerprint density at radius 1 is 1.43 bits per heavy atom. The zero-order valence-corrected chi connectivity index (χ0v) is 13.9. The molecule has 0 unspecified atom stereocenters. The van der Waals surface area contributed by atoms with Crippen molar-refractivity contribution in [3.05, 3.63) is 42.0 Å². The minimum atomic E-state index is -0.0203. The Balaban J connectivity index is 2.05. The molecule has 1 atom stereocenters. The van der Waals surface area contributed by atoms with E-state index in [-0.39, 0.29) is 12.0 Å². The molecule has 0 radical (unpaired) electrons. The summed E-state index contributed by atoms with van der Waals surface area (Å²) in [7, 11) is 1.67. The Kier molecular flexibility index (Phi) is 6.62. The zero-order chi connectivity index (χ0) is 16.7. The van der Waals surface area contributed by atoms with Gasteiger partial charge in [0.2, 0.25) is 0 Å². The topological polar surface area (TPSA) is 48.0 Å². The predicted octanol–water partition coefficient (Wildman–Crippen LogP) is 2.52. The SMILES string of the molecule is C=C(C)COc1ccccc1C(=O)N1CCO[C@H](CCOC)C1. The number of carbonyl (C=O) groups excluding carboxylic acids is 1. The van der Waals surface area contributed by atoms with E-state index >= 15 is 0 Å². The Bertz CT molecular complexity index is 544. The number of carbonyl (C=O) groups is 1. The Labute approximate surface area is 137 Å². The van der Waals surface area contributed by atoms with E-state index in [2.05, 4.69) is 6.58 Å². The van der Waals surface area contributed by atoms with Crippen molar-refractivity contribution in [2.75, 3.05) is 40.0 Å². The molecule has 5 nitrogen and oxygen atoms in total. The van der Waals surface area contributed by atoms with Gasteiger partial charge in [-0.1, -0.05) is 18.7 Å². The summed E-state index contributed by atoms with van der Waals surface area (Å²) in [4.78, 5) is 14.6. The lowest BCUT2D eigenvalue weighted by atomic mass is 10.1. The van der Waals surface area contributed by atoms with Crippen LogP contribution in [0.2, 0.25) is 0 Å². The molecule has 0 saturated carbocycles. The average Bonchev–Trinajstić information content (AvgIpc) is 2.58. The fraction of sp³-hybridized carbons (Fsp3) is 0.500. The van der Waals surface area contributed by atoms with Gasteiger partial charge in [-0.15, -0.1) is 0 Å². The van der Waals surface area contributed by atoms with Crippen LogP contribution >= 0.6 is 0 Å². The molecule has 1 heterocycles. The van der Waals surface area contributed by atoms with Crippen molar-refractivity contribution < 1.29 is 19.0 Å². The van der Waals surface area contributed by atoms with Crippen LogP contribution in [0, 0.1) is 0 Å². The van der Waals surface area contributed by atoms with Gasteiger partial charge in [0.1, 0.15) is 12.4 Å². The fourth-order valence-electron chi connectivity index (χ4n) is 2.47. The highest BCUT2D eigenvalue weighted by atomic mass is 16.5. The van der Waals surface area contributed by atoms with E-state index in [0.29, 0.717) is 44.2 Å². The summed E-state index contributed by atoms with van der Waals surface area (Å²) in [6, 6.07) is 7.34. The molecule has 0 aliphatic carbocycles. The second-order valence-corrected chi connectivity index (χ2v) is 5.77. The van der Waals surface area contributed by atoms with Crippen LogP contribution in [0.3, 0.4) is 0 Å². The largest absolute Gasteiger partial charge is 0.488 e. The number of hydrogen-bond donors (Lipinski definition) is 0. The third-order valence-corrected chi connectivity index (χ3v) is 3.66. The predicted molar refractivity (Wildman–Crippen MR) is 88.9 cm³/mol. The number of amides is 1. The van der Waals surface area contributed by atoms with Crippen molar-refractivity contribution in [2.45, 2.75) is 19.4 Å². The van der Waals surface area contributed by atoms with Gasteiger partial charge in [0, 0.05) is 26.8 Å². The number of ether oxygens (including phenoxy) is 3. The molecule has 1 aromatic rings. The first-order valence-electron chi connectivity index (χ1n) is 7.88. The van der Waals surface area contributed by atoms with Gasteiger partial charge in [-0.05, 0) is 31.1 Å². The van der Waals surface area contributed by atoms with Crippen molar-refractivity contribution in [1.29, 1.82) is 0 Å². The fourth-order valence-corrected chi connectivity index (χ4v) is 2.47. The lowest BCUT2D eigenvalue weighted by molar-refractivity contribution is -0.0333. The highest BCUT2D eigenvalue weighted by molar-refractivity contribution is 5.97. The first-order chi connectivity index (χ1) is 11.1. The molecule has 1 aliphatic heterocycles. The van der Waals surface area contributed by atoms with Crippen molar-refractivity contribution in [1.82, 2.24) is 4.90 Å². The molecule has 1 amide bonds. The number of para-hydroxylation sites is 1. The maximum Gasteiger partial charge on any atom is 0.257 e. The third kappa shape index (κ3) is 5.08. The first-order valence-corrected chi connectivity index (χ1v) is 7.88. The van der Waals surface area contributed by atoms with Crippen LogP contribution in [-0.4, -0.2) is 56.9 Å². The number of nitrogens with zero attached hydrogens (tertiary/aromatic N) is 1. The molecule has 1 aliphatic rings. The number of benzene rings is 1. The maximum atomic E-state index is 12.8. The Hall–Kier alpha value is -1.85. The van der Waals surface area contributed by atoms with Crippen LogP contribution < -0.4 is 4.74 Å². The quantitative estimate of drug-likeness (QED) is 0.725. The number of morpholine rings is 1. The zero-order valence-electron chi connectivity index (χ0n) is 13.9. The molecule has 23 heavy (non-hydrogen) atoms. The summed E-state index contributed by atoms with van der Waals surface area (Å²) in [6.07, 6.45) is 0.810. The molecule has 0 aromatic heterocycles. The summed E-state index contributed by atoms with van der Waals surface area (Å²) >= 11 is 0. The van der Waals surface area contributed by atoms with Gasteiger partial charge >= 0.3 is 0 Å². The van der Waals surface area contributed by atoms with Gasteiger partial charge < -0.3 is 19.1 Å². The monoisotopic (exact) mass is 319 g/mol. The molecule has 126 valence electrons. The van der Waals surface area contributed by atoms with Crippen LogP contribution in [0.25, 0.3) is 0 Å². The minimum absolute atomic E-state index is 0.0203. The summed E-state index contributed by atoms with van der Waals surface area (Å²) < 4.78 is 16.5. The van der Waals surface area contributed by atoms with E-state index in [1.807, 2.05) is 30.0 Å². The van der Waals surface area contributed by atoms with Crippen molar-refractivity contribution >= 4 is 5.91 Å². The molecule has 0 N–H and O–H groups in total. The van der Waals surface area contributed by atoms with Crippen LogP contribution in [-0.2, 0) is 9.47 Å². The summed E-state index contributed by atoms with van der Waals surface area (Å²) in [5, 5.41) is 0. The normalized spacial score (nSPS) is 17.8. The molecule has 0 spiro atoms. The maximum absolute atomic E-state index is 12.8. The van der Waals surface area contributed by atoms with Crippen molar-refractivity contribution in [3.63, 3.8) is 0 Å². The summed E-state index contributed by atoms with van der Waals surface area (Å²) in [6.45, 7) is 8.48. The molecule has 0 bridgehead atoms. The molecular formula is C18H25NO4. The lowest BCUT2D eigenvalue weighted by Crippen LogP contribution is -2.46. The van der Waals surface area contributed by atoms with Gasteiger partial charge in [-0.2, -0.15) is 0 Å². The van der Waals surface area contributed by atoms with E-state index in [1.54, 1.807) is 13.2 Å². The van der Waals surface area contributed by atoms with Gasteiger partial charge in [-0.25, -0.2) is 0 Å². The number of methoxy groups -OCH3 is 1. The minimum Gasteiger partial charge on any atom is -0.488 e. The second kappa shape index (κ2) is 8.70. The first kappa shape index (κ1) is 17.5. The van der Waals surface area contributed by atoms with Gasteiger partial charge in [0.05, 0.1) is 18.3 Å². The van der Waals surface area contributed by atoms with Crippen LogP contribution in [0.15, 0.2) is 36.4 Å². The summed E-state index contributed by atoms with van der Waals surface area (Å²) in [5.74, 6) is 0.577. The van der Waals surface area contributed by atoms with Crippen LogP contribution in [0.1, 0.15) is 23.7 Å². The van der Waals surface area contributed by atoms with Crippen molar-refractivity contribution in [3.8, 4) is 5.75 Å². The van der Waals surface area contributed by atoms with Crippen LogP contribution in [0.4, 0.5) is 0 Å². The van der Waals surface area contributed by atoms with Gasteiger partial charge in [-0.3, -0.25) is 4.79 Å².